The van der Waals surface area contributed by atoms with Gasteiger partial charge in [-0.05, 0) is 12.8 Å². The van der Waals surface area contributed by atoms with E-state index < -0.39 is 0 Å². The standard InChI is InChI=1S/C14H22N4O2/c1-4-11-12(9-17(3)16-11)15-14(20)10-6-7-18(8-10)13(19)5-2/h9-10H,4-8H2,1-3H3,(H,15,20). The normalized spacial score (nSPS) is 18.4. The molecule has 1 aliphatic rings. The van der Waals surface area contributed by atoms with E-state index in [4.69, 9.17) is 0 Å². The van der Waals surface area contributed by atoms with E-state index in [1.54, 1.807) is 9.58 Å². The largest absolute Gasteiger partial charge is 0.342 e. The molecule has 1 aliphatic heterocycles. The van der Waals surface area contributed by atoms with E-state index in [0.717, 1.165) is 24.2 Å². The fraction of sp³-hybridized carbons (Fsp3) is 0.643. The van der Waals surface area contributed by atoms with Crippen LogP contribution in [0.4, 0.5) is 5.69 Å². The zero-order valence-electron chi connectivity index (χ0n) is 12.3. The van der Waals surface area contributed by atoms with Gasteiger partial charge in [0, 0.05) is 32.8 Å². The number of hydrogen-bond donors (Lipinski definition) is 1. The van der Waals surface area contributed by atoms with Crippen molar-refractivity contribution < 1.29 is 9.59 Å². The van der Waals surface area contributed by atoms with E-state index in [2.05, 4.69) is 10.4 Å². The van der Waals surface area contributed by atoms with Gasteiger partial charge in [-0.15, -0.1) is 0 Å². The molecule has 1 unspecified atom stereocenters. The van der Waals surface area contributed by atoms with Crippen LogP contribution in [-0.2, 0) is 23.1 Å². The van der Waals surface area contributed by atoms with Crippen LogP contribution in [0.15, 0.2) is 6.20 Å². The summed E-state index contributed by atoms with van der Waals surface area (Å²) in [5.41, 5.74) is 1.67. The number of carbonyl (C=O) groups excluding carboxylic acids is 2. The van der Waals surface area contributed by atoms with Crippen LogP contribution >= 0.6 is 0 Å². The van der Waals surface area contributed by atoms with Crippen molar-refractivity contribution in [1.29, 1.82) is 0 Å². The van der Waals surface area contributed by atoms with Gasteiger partial charge in [-0.1, -0.05) is 13.8 Å². The molecule has 110 valence electrons. The molecule has 0 saturated carbocycles. The van der Waals surface area contributed by atoms with Crippen molar-refractivity contribution in [1.82, 2.24) is 14.7 Å². The Balaban J connectivity index is 1.97. The number of amides is 2. The molecule has 1 aromatic rings. The van der Waals surface area contributed by atoms with Crippen LogP contribution < -0.4 is 5.32 Å². The molecule has 6 heteroatoms. The maximum atomic E-state index is 12.3. The molecule has 1 atom stereocenters. The Hall–Kier alpha value is -1.85. The molecule has 0 aromatic carbocycles. The van der Waals surface area contributed by atoms with Gasteiger partial charge in [0.1, 0.15) is 0 Å². The Labute approximate surface area is 119 Å². The van der Waals surface area contributed by atoms with E-state index in [-0.39, 0.29) is 17.7 Å². The summed E-state index contributed by atoms with van der Waals surface area (Å²) in [4.78, 5) is 25.7. The Morgan fingerprint density at radius 1 is 1.45 bits per heavy atom. The van der Waals surface area contributed by atoms with Crippen LogP contribution in [0.1, 0.15) is 32.4 Å². The predicted molar refractivity (Wildman–Crippen MR) is 76.2 cm³/mol. The van der Waals surface area contributed by atoms with Gasteiger partial charge in [0.05, 0.1) is 17.3 Å². The Morgan fingerprint density at radius 3 is 2.85 bits per heavy atom. The summed E-state index contributed by atoms with van der Waals surface area (Å²) in [5, 5.41) is 7.24. The van der Waals surface area contributed by atoms with Crippen molar-refractivity contribution in [2.45, 2.75) is 33.1 Å². The lowest BCUT2D eigenvalue weighted by Gasteiger charge is -2.15. The topological polar surface area (TPSA) is 67.2 Å². The average Bonchev–Trinajstić information content (AvgIpc) is 3.04. The van der Waals surface area contributed by atoms with Crippen LogP contribution in [0.5, 0.6) is 0 Å². The quantitative estimate of drug-likeness (QED) is 0.899. The molecule has 0 spiro atoms. The number of nitrogens with zero attached hydrogens (tertiary/aromatic N) is 3. The van der Waals surface area contributed by atoms with E-state index in [9.17, 15) is 9.59 Å². The van der Waals surface area contributed by atoms with E-state index >= 15 is 0 Å². The summed E-state index contributed by atoms with van der Waals surface area (Å²) in [5.74, 6) is -0.00885. The van der Waals surface area contributed by atoms with Gasteiger partial charge < -0.3 is 10.2 Å². The Bertz CT molecular complexity index is 509. The smallest absolute Gasteiger partial charge is 0.229 e. The monoisotopic (exact) mass is 278 g/mol. The van der Waals surface area contributed by atoms with Crippen molar-refractivity contribution in [3.05, 3.63) is 11.9 Å². The number of rotatable bonds is 4. The SMILES string of the molecule is CCC(=O)N1CCC(C(=O)Nc2cn(C)nc2CC)C1. The van der Waals surface area contributed by atoms with Crippen molar-refractivity contribution in [2.75, 3.05) is 18.4 Å². The molecular formula is C14H22N4O2. The van der Waals surface area contributed by atoms with E-state index in [0.29, 0.717) is 19.5 Å². The molecule has 1 fully saturated rings. The summed E-state index contributed by atoms with van der Waals surface area (Å²) in [7, 11) is 1.84. The lowest BCUT2D eigenvalue weighted by atomic mass is 10.1. The number of carbonyl (C=O) groups is 2. The third kappa shape index (κ3) is 3.00. The van der Waals surface area contributed by atoms with Crippen LogP contribution in [0.3, 0.4) is 0 Å². The molecule has 6 nitrogen and oxygen atoms in total. The first kappa shape index (κ1) is 14.6. The number of aromatic nitrogens is 2. The molecule has 1 saturated heterocycles. The third-order valence-corrected chi connectivity index (χ3v) is 3.71. The summed E-state index contributed by atoms with van der Waals surface area (Å²) in [6.07, 6.45) is 3.83. The number of anilines is 1. The molecule has 2 rings (SSSR count). The molecule has 20 heavy (non-hydrogen) atoms. The fourth-order valence-electron chi connectivity index (χ4n) is 2.56. The highest BCUT2D eigenvalue weighted by molar-refractivity contribution is 5.93. The minimum atomic E-state index is -0.115. The fourth-order valence-corrected chi connectivity index (χ4v) is 2.56. The van der Waals surface area contributed by atoms with E-state index in [1.165, 1.54) is 0 Å². The second-order valence-electron chi connectivity index (χ2n) is 5.18. The summed E-state index contributed by atoms with van der Waals surface area (Å²) < 4.78 is 1.70. The van der Waals surface area contributed by atoms with Crippen LogP contribution in [0.25, 0.3) is 0 Å². The number of nitrogens with one attached hydrogen (secondary N) is 1. The number of likely N-dealkylation sites (tertiary alicyclic amines) is 1. The average molecular weight is 278 g/mol. The number of aryl methyl sites for hydroxylation is 2. The van der Waals surface area contributed by atoms with Gasteiger partial charge in [-0.25, -0.2) is 0 Å². The molecule has 0 bridgehead atoms. The molecule has 2 heterocycles. The van der Waals surface area contributed by atoms with Crippen molar-refractivity contribution in [3.8, 4) is 0 Å². The Kier molecular flexibility index (Phi) is 4.42. The first-order chi connectivity index (χ1) is 9.55. The molecule has 2 amide bonds. The first-order valence-corrected chi connectivity index (χ1v) is 7.16. The first-order valence-electron chi connectivity index (χ1n) is 7.16. The highest BCUT2D eigenvalue weighted by Gasteiger charge is 2.30. The highest BCUT2D eigenvalue weighted by Crippen LogP contribution is 2.21. The van der Waals surface area contributed by atoms with Gasteiger partial charge in [0.15, 0.2) is 0 Å². The van der Waals surface area contributed by atoms with Crippen LogP contribution in [0, 0.1) is 5.92 Å². The van der Waals surface area contributed by atoms with Gasteiger partial charge in [-0.3, -0.25) is 14.3 Å². The maximum absolute atomic E-state index is 12.3. The van der Waals surface area contributed by atoms with Crippen LogP contribution in [-0.4, -0.2) is 39.6 Å². The second-order valence-corrected chi connectivity index (χ2v) is 5.18. The molecule has 0 aliphatic carbocycles. The molecule has 1 N–H and O–H groups in total. The molecule has 0 radical (unpaired) electrons. The Morgan fingerprint density at radius 2 is 2.20 bits per heavy atom. The van der Waals surface area contributed by atoms with Gasteiger partial charge in [0.2, 0.25) is 11.8 Å². The van der Waals surface area contributed by atoms with Crippen LogP contribution in [0.2, 0.25) is 0 Å². The van der Waals surface area contributed by atoms with Gasteiger partial charge in [0.25, 0.3) is 0 Å². The van der Waals surface area contributed by atoms with E-state index in [1.807, 2.05) is 27.1 Å². The third-order valence-electron chi connectivity index (χ3n) is 3.71. The lowest BCUT2D eigenvalue weighted by molar-refractivity contribution is -0.130. The minimum absolute atomic E-state index is 0.0147. The van der Waals surface area contributed by atoms with Crippen molar-refractivity contribution >= 4 is 17.5 Å². The molecule has 1 aromatic heterocycles. The van der Waals surface area contributed by atoms with Gasteiger partial charge >= 0.3 is 0 Å². The maximum Gasteiger partial charge on any atom is 0.229 e. The summed E-state index contributed by atoms with van der Waals surface area (Å²) >= 11 is 0. The zero-order valence-corrected chi connectivity index (χ0v) is 12.3. The zero-order chi connectivity index (χ0) is 14.7. The van der Waals surface area contributed by atoms with Crippen molar-refractivity contribution in [3.63, 3.8) is 0 Å². The number of hydrogen-bond acceptors (Lipinski definition) is 3. The summed E-state index contributed by atoms with van der Waals surface area (Å²) in [6.45, 7) is 5.06. The second kappa shape index (κ2) is 6.07. The predicted octanol–water partition coefficient (Wildman–Crippen LogP) is 1.18. The van der Waals surface area contributed by atoms with Gasteiger partial charge in [-0.2, -0.15) is 5.10 Å². The molecular weight excluding hydrogens is 256 g/mol. The lowest BCUT2D eigenvalue weighted by Crippen LogP contribution is -2.31. The highest BCUT2D eigenvalue weighted by atomic mass is 16.2. The van der Waals surface area contributed by atoms with Crippen molar-refractivity contribution in [2.24, 2.45) is 13.0 Å². The summed E-state index contributed by atoms with van der Waals surface area (Å²) in [6, 6.07) is 0. The minimum Gasteiger partial charge on any atom is -0.342 e.